The molecule has 1 amide bonds. The number of carbonyl (C=O) groups is 1. The number of furan rings is 1. The summed E-state index contributed by atoms with van der Waals surface area (Å²) in [6.45, 7) is 5.35. The van der Waals surface area contributed by atoms with Gasteiger partial charge in [-0.2, -0.15) is 0 Å². The quantitative estimate of drug-likeness (QED) is 0.498. The molecule has 0 bridgehead atoms. The Morgan fingerprint density at radius 3 is 2.44 bits per heavy atom. The number of amides is 1. The van der Waals surface area contributed by atoms with Crippen LogP contribution in [-0.4, -0.2) is 33.0 Å². The summed E-state index contributed by atoms with van der Waals surface area (Å²) in [5, 5.41) is 0.646. The van der Waals surface area contributed by atoms with Crippen LogP contribution in [0.25, 0.3) is 27.8 Å². The lowest BCUT2D eigenvalue weighted by molar-refractivity contribution is -0.133. The van der Waals surface area contributed by atoms with E-state index in [1.165, 1.54) is 4.57 Å². The molecule has 3 heterocycles. The van der Waals surface area contributed by atoms with E-state index in [1.54, 1.807) is 24.3 Å². The van der Waals surface area contributed by atoms with Gasteiger partial charge in [-0.05, 0) is 49.9 Å². The lowest BCUT2D eigenvalue weighted by Gasteiger charge is -2.30. The molecule has 0 saturated carbocycles. The van der Waals surface area contributed by atoms with Gasteiger partial charge in [0, 0.05) is 18.5 Å². The third-order valence-electron chi connectivity index (χ3n) is 6.38. The summed E-state index contributed by atoms with van der Waals surface area (Å²) in [6, 6.07) is 14.3. The molecule has 0 N–H and O–H groups in total. The Morgan fingerprint density at radius 2 is 1.72 bits per heavy atom. The van der Waals surface area contributed by atoms with Crippen molar-refractivity contribution >= 4 is 28.0 Å². The number of hydrogen-bond donors (Lipinski definition) is 0. The number of para-hydroxylation sites is 1. The molecule has 0 spiro atoms. The normalized spacial score (nSPS) is 15.0. The molecule has 4 aromatic rings. The molecule has 1 fully saturated rings. The van der Waals surface area contributed by atoms with Crippen LogP contribution in [0.2, 0.25) is 0 Å². The van der Waals surface area contributed by atoms with Crippen LogP contribution in [0.4, 0.5) is 0 Å². The number of likely N-dealkylation sites (tertiary alicyclic amines) is 1. The number of rotatable bonds is 3. The summed E-state index contributed by atoms with van der Waals surface area (Å²) in [6.07, 6.45) is 1.90. The number of nitrogens with zero attached hydrogens (tertiary/aromatic N) is 3. The Labute approximate surface area is 184 Å². The molecule has 1 saturated heterocycles. The van der Waals surface area contributed by atoms with Gasteiger partial charge >= 0.3 is 11.2 Å². The predicted octanol–water partition coefficient (Wildman–Crippen LogP) is 3.47. The lowest BCUT2D eigenvalue weighted by Crippen LogP contribution is -2.44. The summed E-state index contributed by atoms with van der Waals surface area (Å²) in [4.78, 5) is 41.9. The average Bonchev–Trinajstić information content (AvgIpc) is 3.18. The highest BCUT2D eigenvalue weighted by atomic mass is 16.3. The van der Waals surface area contributed by atoms with E-state index in [1.807, 2.05) is 36.1 Å². The minimum atomic E-state index is -0.545. The number of piperidine rings is 1. The molecule has 32 heavy (non-hydrogen) atoms. The second-order valence-corrected chi connectivity index (χ2v) is 8.68. The van der Waals surface area contributed by atoms with Crippen LogP contribution >= 0.6 is 0 Å². The first kappa shape index (κ1) is 20.3. The molecule has 0 aliphatic carbocycles. The van der Waals surface area contributed by atoms with Gasteiger partial charge in [-0.3, -0.25) is 14.2 Å². The molecule has 1 aliphatic heterocycles. The average molecular weight is 431 g/mol. The van der Waals surface area contributed by atoms with Crippen molar-refractivity contribution in [1.29, 1.82) is 0 Å². The Bertz CT molecular complexity index is 1430. The van der Waals surface area contributed by atoms with Gasteiger partial charge in [-0.25, -0.2) is 9.36 Å². The van der Waals surface area contributed by atoms with Gasteiger partial charge in [0.1, 0.15) is 17.6 Å². The van der Waals surface area contributed by atoms with Crippen LogP contribution in [0.3, 0.4) is 0 Å². The Morgan fingerprint density at radius 1 is 1.03 bits per heavy atom. The Kier molecular flexibility index (Phi) is 4.96. The molecule has 1 aliphatic rings. The molecule has 7 nitrogen and oxygen atoms in total. The zero-order valence-electron chi connectivity index (χ0n) is 18.2. The first-order chi connectivity index (χ1) is 15.4. The minimum Gasteiger partial charge on any atom is -0.449 e. The second-order valence-electron chi connectivity index (χ2n) is 8.68. The molecule has 0 atom stereocenters. The fraction of sp³-hybridized carbons (Fsp3) is 0.320. The molecular formula is C25H25N3O4. The number of hydrogen-bond acceptors (Lipinski definition) is 4. The van der Waals surface area contributed by atoms with Crippen LogP contribution in [0.5, 0.6) is 0 Å². The first-order valence-electron chi connectivity index (χ1n) is 11.0. The molecular weight excluding hydrogens is 406 g/mol. The van der Waals surface area contributed by atoms with Crippen molar-refractivity contribution in [2.45, 2.75) is 33.2 Å². The van der Waals surface area contributed by atoms with E-state index < -0.39 is 11.2 Å². The van der Waals surface area contributed by atoms with E-state index in [0.717, 1.165) is 23.0 Å². The van der Waals surface area contributed by atoms with Crippen LogP contribution in [0, 0.1) is 12.8 Å². The summed E-state index contributed by atoms with van der Waals surface area (Å²) in [7, 11) is 0. The molecule has 0 unspecified atom stereocenters. The van der Waals surface area contributed by atoms with E-state index in [0.29, 0.717) is 41.2 Å². The number of aryl methyl sites for hydroxylation is 1. The Hall–Kier alpha value is -3.61. The van der Waals surface area contributed by atoms with Crippen LogP contribution in [0.15, 0.2) is 62.5 Å². The van der Waals surface area contributed by atoms with Crippen molar-refractivity contribution in [3.05, 3.63) is 74.9 Å². The first-order valence-corrected chi connectivity index (χ1v) is 11.0. The summed E-state index contributed by atoms with van der Waals surface area (Å²) in [5.74, 6) is 0.467. The predicted molar refractivity (Wildman–Crippen MR) is 123 cm³/mol. The second kappa shape index (κ2) is 7.82. The maximum atomic E-state index is 13.6. The fourth-order valence-electron chi connectivity index (χ4n) is 4.41. The zero-order valence-corrected chi connectivity index (χ0v) is 18.2. The van der Waals surface area contributed by atoms with Gasteiger partial charge in [0.05, 0.1) is 5.69 Å². The van der Waals surface area contributed by atoms with Crippen molar-refractivity contribution < 1.29 is 9.21 Å². The third kappa shape index (κ3) is 3.34. The van der Waals surface area contributed by atoms with E-state index in [-0.39, 0.29) is 18.0 Å². The zero-order chi connectivity index (χ0) is 22.4. The SMILES string of the molecule is Cc1ccc(-n2c(=O)c3oc4ccccc4c3n(CC(=O)N3CCC(C)CC3)c2=O)cc1. The smallest absolute Gasteiger partial charge is 0.336 e. The maximum Gasteiger partial charge on any atom is 0.336 e. The highest BCUT2D eigenvalue weighted by Crippen LogP contribution is 2.26. The summed E-state index contributed by atoms with van der Waals surface area (Å²) >= 11 is 0. The minimum absolute atomic E-state index is 0.0754. The summed E-state index contributed by atoms with van der Waals surface area (Å²) in [5.41, 5.74) is 1.34. The monoisotopic (exact) mass is 431 g/mol. The van der Waals surface area contributed by atoms with Crippen molar-refractivity contribution in [3.63, 3.8) is 0 Å². The highest BCUT2D eigenvalue weighted by molar-refractivity contribution is 6.02. The number of carbonyl (C=O) groups excluding carboxylic acids is 1. The topological polar surface area (TPSA) is 77.5 Å². The van der Waals surface area contributed by atoms with Crippen molar-refractivity contribution in [2.75, 3.05) is 13.1 Å². The van der Waals surface area contributed by atoms with Gasteiger partial charge in [-0.15, -0.1) is 0 Å². The van der Waals surface area contributed by atoms with E-state index in [2.05, 4.69) is 6.92 Å². The maximum absolute atomic E-state index is 13.6. The molecule has 0 radical (unpaired) electrons. The van der Waals surface area contributed by atoms with Crippen LogP contribution in [-0.2, 0) is 11.3 Å². The third-order valence-corrected chi connectivity index (χ3v) is 6.38. The largest absolute Gasteiger partial charge is 0.449 e. The van der Waals surface area contributed by atoms with Crippen LogP contribution in [0.1, 0.15) is 25.3 Å². The van der Waals surface area contributed by atoms with Gasteiger partial charge in [-0.1, -0.05) is 36.8 Å². The molecule has 5 rings (SSSR count). The molecule has 2 aromatic heterocycles. The summed E-state index contributed by atoms with van der Waals surface area (Å²) < 4.78 is 8.37. The van der Waals surface area contributed by atoms with Crippen LogP contribution < -0.4 is 11.2 Å². The molecule has 7 heteroatoms. The van der Waals surface area contributed by atoms with E-state index in [9.17, 15) is 14.4 Å². The number of aromatic nitrogens is 2. The number of benzene rings is 2. The van der Waals surface area contributed by atoms with E-state index in [4.69, 9.17) is 4.42 Å². The number of fused-ring (bicyclic) bond motifs is 3. The van der Waals surface area contributed by atoms with Gasteiger partial charge in [0.25, 0.3) is 0 Å². The molecule has 2 aromatic carbocycles. The van der Waals surface area contributed by atoms with Gasteiger partial charge < -0.3 is 9.32 Å². The standard InChI is InChI=1S/C25H25N3O4/c1-16-7-9-18(10-8-16)28-24(30)23-22(19-5-3-4-6-20(19)32-23)27(25(28)31)15-21(29)26-13-11-17(2)12-14-26/h3-10,17H,11-15H2,1-2H3. The van der Waals surface area contributed by atoms with Gasteiger partial charge in [0.2, 0.25) is 11.5 Å². The highest BCUT2D eigenvalue weighted by Gasteiger charge is 2.25. The van der Waals surface area contributed by atoms with E-state index >= 15 is 0 Å². The van der Waals surface area contributed by atoms with Crippen molar-refractivity contribution in [1.82, 2.24) is 14.0 Å². The molecule has 164 valence electrons. The lowest BCUT2D eigenvalue weighted by atomic mass is 9.99. The van der Waals surface area contributed by atoms with Gasteiger partial charge in [0.15, 0.2) is 0 Å². The van der Waals surface area contributed by atoms with Crippen molar-refractivity contribution in [3.8, 4) is 5.69 Å². The van der Waals surface area contributed by atoms with Crippen molar-refractivity contribution in [2.24, 2.45) is 5.92 Å². The fourth-order valence-corrected chi connectivity index (χ4v) is 4.41. The Balaban J connectivity index is 1.72.